The lowest BCUT2D eigenvalue weighted by Crippen LogP contribution is -2.49. The van der Waals surface area contributed by atoms with E-state index < -0.39 is 17.8 Å². The fourth-order valence-electron chi connectivity index (χ4n) is 2.62. The Hall–Kier alpha value is -1.36. The summed E-state index contributed by atoms with van der Waals surface area (Å²) < 4.78 is 0. The molecule has 100 valence electrons. The summed E-state index contributed by atoms with van der Waals surface area (Å²) in [6, 6.07) is 0. The summed E-state index contributed by atoms with van der Waals surface area (Å²) in [6.07, 6.45) is 8.12. The van der Waals surface area contributed by atoms with Gasteiger partial charge in [0, 0.05) is 13.1 Å². The minimum Gasteiger partial charge on any atom is -0.481 e. The second-order valence-corrected chi connectivity index (χ2v) is 5.02. The van der Waals surface area contributed by atoms with Crippen molar-refractivity contribution in [3.63, 3.8) is 0 Å². The van der Waals surface area contributed by atoms with Gasteiger partial charge in [-0.2, -0.15) is 0 Å². The van der Waals surface area contributed by atoms with Crippen LogP contribution in [-0.2, 0) is 9.59 Å². The van der Waals surface area contributed by atoms with Gasteiger partial charge in [0.1, 0.15) is 0 Å². The number of piperidine rings is 1. The first-order valence-electron chi connectivity index (χ1n) is 6.61. The molecule has 2 atom stereocenters. The highest BCUT2D eigenvalue weighted by atomic mass is 16.4. The zero-order valence-electron chi connectivity index (χ0n) is 10.5. The van der Waals surface area contributed by atoms with Crippen molar-refractivity contribution in [3.05, 3.63) is 12.2 Å². The Bertz CT molecular complexity index is 348. The number of rotatable bonds is 3. The Balaban J connectivity index is 1.93. The predicted molar refractivity (Wildman–Crippen MR) is 66.6 cm³/mol. The number of aliphatic carboxylic acids is 1. The number of allylic oxidation sites excluding steroid dienone is 2. The topological polar surface area (TPSA) is 69.6 Å². The number of hydrazine groups is 1. The molecule has 1 fully saturated rings. The Morgan fingerprint density at radius 3 is 2.28 bits per heavy atom. The quantitative estimate of drug-likeness (QED) is 0.740. The van der Waals surface area contributed by atoms with E-state index in [0.717, 1.165) is 25.9 Å². The number of nitrogens with one attached hydrogen (secondary N) is 1. The summed E-state index contributed by atoms with van der Waals surface area (Å²) in [5.41, 5.74) is 2.87. The molecule has 5 nitrogen and oxygen atoms in total. The number of carboxylic acids is 1. The molecule has 0 spiro atoms. The van der Waals surface area contributed by atoms with Crippen LogP contribution in [0.25, 0.3) is 0 Å². The summed E-state index contributed by atoms with van der Waals surface area (Å²) in [7, 11) is 0. The van der Waals surface area contributed by atoms with Crippen LogP contribution in [-0.4, -0.2) is 35.1 Å². The Morgan fingerprint density at radius 2 is 1.67 bits per heavy atom. The first-order chi connectivity index (χ1) is 8.68. The van der Waals surface area contributed by atoms with E-state index in [1.54, 1.807) is 0 Å². The van der Waals surface area contributed by atoms with Crippen LogP contribution in [0.1, 0.15) is 32.1 Å². The van der Waals surface area contributed by atoms with Crippen molar-refractivity contribution >= 4 is 11.9 Å². The maximum Gasteiger partial charge on any atom is 0.307 e. The Labute approximate surface area is 107 Å². The molecular weight excluding hydrogens is 232 g/mol. The van der Waals surface area contributed by atoms with Gasteiger partial charge in [0.05, 0.1) is 11.8 Å². The minimum atomic E-state index is -0.877. The first-order valence-corrected chi connectivity index (χ1v) is 6.61. The summed E-state index contributed by atoms with van der Waals surface area (Å²) in [5, 5.41) is 11.1. The average Bonchev–Trinajstić information content (AvgIpc) is 2.40. The first kappa shape index (κ1) is 13.1. The van der Waals surface area contributed by atoms with E-state index in [1.807, 2.05) is 17.2 Å². The number of amides is 1. The lowest BCUT2D eigenvalue weighted by atomic mass is 9.82. The SMILES string of the molecule is O=C(O)[C@H]1CC=CC[C@H]1C(=O)NN1CCCCC1. The molecule has 1 amide bonds. The van der Waals surface area contributed by atoms with Crippen molar-refractivity contribution in [2.75, 3.05) is 13.1 Å². The Morgan fingerprint density at radius 1 is 1.06 bits per heavy atom. The van der Waals surface area contributed by atoms with E-state index in [2.05, 4.69) is 5.43 Å². The molecule has 1 aliphatic heterocycles. The molecule has 0 saturated carbocycles. The zero-order valence-corrected chi connectivity index (χ0v) is 10.5. The third-order valence-electron chi connectivity index (χ3n) is 3.71. The third kappa shape index (κ3) is 3.10. The third-order valence-corrected chi connectivity index (χ3v) is 3.71. The molecule has 1 aliphatic carbocycles. The smallest absolute Gasteiger partial charge is 0.307 e. The van der Waals surface area contributed by atoms with Crippen LogP contribution in [0.2, 0.25) is 0 Å². The van der Waals surface area contributed by atoms with Gasteiger partial charge in [-0.3, -0.25) is 15.0 Å². The van der Waals surface area contributed by atoms with E-state index in [0.29, 0.717) is 12.8 Å². The molecular formula is C13H20N2O3. The van der Waals surface area contributed by atoms with Gasteiger partial charge in [-0.1, -0.05) is 18.6 Å². The van der Waals surface area contributed by atoms with Crippen molar-refractivity contribution in [1.82, 2.24) is 10.4 Å². The zero-order chi connectivity index (χ0) is 13.0. The number of carbonyl (C=O) groups excluding carboxylic acids is 1. The van der Waals surface area contributed by atoms with E-state index in [-0.39, 0.29) is 5.91 Å². The maximum absolute atomic E-state index is 12.1. The fourth-order valence-corrected chi connectivity index (χ4v) is 2.62. The molecule has 1 heterocycles. The van der Waals surface area contributed by atoms with Crippen LogP contribution in [0.3, 0.4) is 0 Å². The maximum atomic E-state index is 12.1. The lowest BCUT2D eigenvalue weighted by Gasteiger charge is -2.31. The molecule has 0 unspecified atom stereocenters. The van der Waals surface area contributed by atoms with E-state index in [9.17, 15) is 9.59 Å². The van der Waals surface area contributed by atoms with Crippen LogP contribution in [0, 0.1) is 11.8 Å². The summed E-state index contributed by atoms with van der Waals surface area (Å²) in [5.74, 6) is -2.04. The fraction of sp³-hybridized carbons (Fsp3) is 0.692. The van der Waals surface area contributed by atoms with Gasteiger partial charge in [-0.05, 0) is 25.7 Å². The molecule has 0 radical (unpaired) electrons. The standard InChI is InChI=1S/C13H20N2O3/c16-12(14-15-8-4-1-5-9-15)10-6-2-3-7-11(10)13(17)18/h2-3,10-11H,1,4-9H2,(H,14,16)(H,17,18)/t10-,11+/m1/s1. The average molecular weight is 252 g/mol. The van der Waals surface area contributed by atoms with Gasteiger partial charge in [-0.25, -0.2) is 5.01 Å². The highest BCUT2D eigenvalue weighted by Gasteiger charge is 2.34. The van der Waals surface area contributed by atoms with Crippen molar-refractivity contribution < 1.29 is 14.7 Å². The van der Waals surface area contributed by atoms with Crippen LogP contribution in [0.5, 0.6) is 0 Å². The van der Waals surface area contributed by atoms with Gasteiger partial charge < -0.3 is 5.11 Å². The molecule has 1 saturated heterocycles. The molecule has 0 bridgehead atoms. The summed E-state index contributed by atoms with van der Waals surface area (Å²) >= 11 is 0. The second kappa shape index (κ2) is 6.00. The normalized spacial score (nSPS) is 28.9. The van der Waals surface area contributed by atoms with Crippen LogP contribution >= 0.6 is 0 Å². The van der Waals surface area contributed by atoms with Crippen LogP contribution < -0.4 is 5.43 Å². The highest BCUT2D eigenvalue weighted by Crippen LogP contribution is 2.26. The van der Waals surface area contributed by atoms with Crippen molar-refractivity contribution in [2.45, 2.75) is 32.1 Å². The molecule has 0 aromatic heterocycles. The molecule has 2 N–H and O–H groups in total. The van der Waals surface area contributed by atoms with Crippen LogP contribution in [0.15, 0.2) is 12.2 Å². The van der Waals surface area contributed by atoms with E-state index in [4.69, 9.17) is 5.11 Å². The van der Waals surface area contributed by atoms with Gasteiger partial charge in [0.2, 0.25) is 5.91 Å². The molecule has 18 heavy (non-hydrogen) atoms. The second-order valence-electron chi connectivity index (χ2n) is 5.02. The van der Waals surface area contributed by atoms with Gasteiger partial charge in [0.15, 0.2) is 0 Å². The van der Waals surface area contributed by atoms with Crippen molar-refractivity contribution in [3.8, 4) is 0 Å². The lowest BCUT2D eigenvalue weighted by molar-refractivity contribution is -0.148. The van der Waals surface area contributed by atoms with Crippen LogP contribution in [0.4, 0.5) is 0 Å². The van der Waals surface area contributed by atoms with Gasteiger partial charge >= 0.3 is 5.97 Å². The minimum absolute atomic E-state index is 0.145. The highest BCUT2D eigenvalue weighted by molar-refractivity contribution is 5.85. The number of carbonyl (C=O) groups is 2. The van der Waals surface area contributed by atoms with Gasteiger partial charge in [-0.15, -0.1) is 0 Å². The summed E-state index contributed by atoms with van der Waals surface area (Å²) in [6.45, 7) is 1.73. The van der Waals surface area contributed by atoms with Gasteiger partial charge in [0.25, 0.3) is 0 Å². The Kier molecular flexibility index (Phi) is 4.36. The molecule has 0 aromatic carbocycles. The number of nitrogens with zero attached hydrogens (tertiary/aromatic N) is 1. The number of hydrogen-bond donors (Lipinski definition) is 2. The molecule has 2 rings (SSSR count). The number of hydrogen-bond acceptors (Lipinski definition) is 3. The van der Waals surface area contributed by atoms with E-state index >= 15 is 0 Å². The summed E-state index contributed by atoms with van der Waals surface area (Å²) in [4.78, 5) is 23.3. The predicted octanol–water partition coefficient (Wildman–Crippen LogP) is 1.17. The molecule has 2 aliphatic rings. The van der Waals surface area contributed by atoms with E-state index in [1.165, 1.54) is 6.42 Å². The largest absolute Gasteiger partial charge is 0.481 e. The monoisotopic (exact) mass is 252 g/mol. The number of carboxylic acid groups (broad SMARTS) is 1. The van der Waals surface area contributed by atoms with Crippen molar-refractivity contribution in [1.29, 1.82) is 0 Å². The molecule has 0 aromatic rings. The molecule has 5 heteroatoms. The van der Waals surface area contributed by atoms with Crippen molar-refractivity contribution in [2.24, 2.45) is 11.8 Å².